The Balaban J connectivity index is 1.72. The zero-order valence-electron chi connectivity index (χ0n) is 27.4. The highest BCUT2D eigenvalue weighted by atomic mass is 31.1. The van der Waals surface area contributed by atoms with E-state index < -0.39 is 32.4 Å². The normalized spacial score (nSPS) is 13.0. The fourth-order valence-electron chi connectivity index (χ4n) is 5.08. The van der Waals surface area contributed by atoms with Gasteiger partial charge in [0.05, 0.1) is 25.7 Å². The molecular weight excluding hydrogens is 617 g/mol. The third kappa shape index (κ3) is 15.1. The minimum atomic E-state index is -2.06. The largest absolute Gasteiger partial charge is 0.456 e. The Labute approximate surface area is 280 Å². The van der Waals surface area contributed by atoms with Crippen molar-refractivity contribution in [1.82, 2.24) is 5.32 Å². The molecule has 0 saturated heterocycles. The molecule has 10 heteroatoms. The first-order chi connectivity index (χ1) is 23.0. The van der Waals surface area contributed by atoms with Crippen LogP contribution in [0.4, 0.5) is 0 Å². The van der Waals surface area contributed by atoms with Crippen LogP contribution in [-0.4, -0.2) is 30.3 Å². The molecule has 2 unspecified atom stereocenters. The number of rotatable bonds is 25. The van der Waals surface area contributed by atoms with E-state index in [0.717, 1.165) is 24.8 Å². The molecule has 0 spiro atoms. The van der Waals surface area contributed by atoms with E-state index in [1.165, 1.54) is 38.5 Å². The molecule has 47 heavy (non-hydrogen) atoms. The summed E-state index contributed by atoms with van der Waals surface area (Å²) in [7, 11) is -0.580. The minimum absolute atomic E-state index is 0.0166. The lowest BCUT2D eigenvalue weighted by atomic mass is 10.0. The van der Waals surface area contributed by atoms with Crippen molar-refractivity contribution in [3.8, 4) is 11.5 Å². The lowest BCUT2D eigenvalue weighted by Crippen LogP contribution is -2.60. The molecule has 0 aliphatic heterocycles. The maximum Gasteiger partial charge on any atom is 0.419 e. The van der Waals surface area contributed by atoms with Crippen molar-refractivity contribution < 1.29 is 37.9 Å². The Morgan fingerprint density at radius 1 is 0.766 bits per heavy atom. The molecule has 1 N–H and O–H groups in total. The van der Waals surface area contributed by atoms with E-state index in [0.29, 0.717) is 18.8 Å². The van der Waals surface area contributed by atoms with Crippen molar-refractivity contribution in [1.29, 1.82) is 0 Å². The van der Waals surface area contributed by atoms with Crippen LogP contribution in [-0.2, 0) is 34.9 Å². The second kappa shape index (κ2) is 22.7. The van der Waals surface area contributed by atoms with E-state index in [2.05, 4.69) is 12.2 Å². The predicted molar refractivity (Wildman–Crippen MR) is 181 cm³/mol. The third-order valence-corrected chi connectivity index (χ3v) is 7.92. The van der Waals surface area contributed by atoms with Gasteiger partial charge in [-0.1, -0.05) is 131 Å². The average molecular weight is 666 g/mol. The summed E-state index contributed by atoms with van der Waals surface area (Å²) in [5.41, 5.74) is -1.05. The van der Waals surface area contributed by atoms with Gasteiger partial charge < -0.3 is 14.8 Å². The number of nitrogens with one attached hydrogen (secondary N) is 1. The van der Waals surface area contributed by atoms with Crippen LogP contribution in [0, 0.1) is 0 Å². The van der Waals surface area contributed by atoms with Gasteiger partial charge in [0.1, 0.15) is 5.75 Å². The number of benzene rings is 3. The smallest absolute Gasteiger partial charge is 0.419 e. The van der Waals surface area contributed by atoms with Gasteiger partial charge in [0.15, 0.2) is 5.75 Å². The zero-order valence-corrected chi connectivity index (χ0v) is 28.2. The highest BCUT2D eigenvalue weighted by molar-refractivity contribution is 7.17. The van der Waals surface area contributed by atoms with Gasteiger partial charge in [-0.3, -0.25) is 14.2 Å². The summed E-state index contributed by atoms with van der Waals surface area (Å²) in [6.07, 6.45) is 10.7. The maximum atomic E-state index is 13.7. The number of hydrogen-bond acceptors (Lipinski definition) is 8. The van der Waals surface area contributed by atoms with Crippen LogP contribution in [0.2, 0.25) is 0 Å². The van der Waals surface area contributed by atoms with Crippen LogP contribution in [0.3, 0.4) is 0 Å². The number of ether oxygens (including phenoxy) is 2. The van der Waals surface area contributed by atoms with Gasteiger partial charge in [-0.15, -0.1) is 0 Å². The number of carbonyl (C=O) groups is 2. The van der Waals surface area contributed by atoms with Gasteiger partial charge in [0.2, 0.25) is 5.91 Å². The summed E-state index contributed by atoms with van der Waals surface area (Å²) in [6, 6.07) is 26.8. The molecule has 1 amide bonds. The van der Waals surface area contributed by atoms with Crippen molar-refractivity contribution in [2.75, 3.05) is 6.61 Å². The summed E-state index contributed by atoms with van der Waals surface area (Å²) in [5.74, 6) is -0.905. The molecule has 0 saturated carbocycles. The topological polar surface area (TPSA) is 109 Å². The fourth-order valence-corrected chi connectivity index (χ4v) is 5.24. The van der Waals surface area contributed by atoms with Gasteiger partial charge in [-0.05, 0) is 36.2 Å². The van der Waals surface area contributed by atoms with Gasteiger partial charge in [0, 0.05) is 6.42 Å². The average Bonchev–Trinajstić information content (AvgIpc) is 3.10. The van der Waals surface area contributed by atoms with Crippen molar-refractivity contribution in [3.63, 3.8) is 0 Å². The van der Waals surface area contributed by atoms with Crippen LogP contribution in [0.1, 0.15) is 89.5 Å². The lowest BCUT2D eigenvalue weighted by Gasteiger charge is -2.32. The molecule has 2 atom stereocenters. The minimum Gasteiger partial charge on any atom is -0.456 e. The van der Waals surface area contributed by atoms with Crippen molar-refractivity contribution >= 4 is 20.6 Å². The number of hydrogen-bond donors (Lipinski definition) is 1. The lowest BCUT2D eigenvalue weighted by molar-refractivity contribution is -0.234. The van der Waals surface area contributed by atoms with E-state index in [1.807, 2.05) is 30.3 Å². The number of amides is 1. The van der Waals surface area contributed by atoms with Crippen LogP contribution < -0.4 is 14.9 Å². The second-order valence-corrected chi connectivity index (χ2v) is 11.9. The molecule has 0 radical (unpaired) electrons. The summed E-state index contributed by atoms with van der Waals surface area (Å²) in [5, 5.41) is 2.76. The van der Waals surface area contributed by atoms with Gasteiger partial charge in [-0.2, -0.15) is 0 Å². The van der Waals surface area contributed by atoms with Crippen LogP contribution in [0.5, 0.6) is 11.5 Å². The Hall–Kier alpha value is -3.78. The van der Waals surface area contributed by atoms with Crippen molar-refractivity contribution in [2.24, 2.45) is 0 Å². The number of para-hydroxylation sites is 2. The monoisotopic (exact) mass is 665 g/mol. The molecule has 0 aliphatic rings. The number of carbonyl (C=O) groups excluding carboxylic acids is 2. The summed E-state index contributed by atoms with van der Waals surface area (Å²) < 4.78 is 28.5. The van der Waals surface area contributed by atoms with E-state index in [9.17, 15) is 14.2 Å². The summed E-state index contributed by atoms with van der Waals surface area (Å²) in [6.45, 7) is 2.39. The SMILES string of the molecule is CCCCCCCCCCCC(CC(=O)NC(CCOP=O)(Oc1ccccc1)C(=O)OOc1ccccc1)OCc1ccccc1. The molecule has 3 aromatic carbocycles. The number of unbranched alkanes of at least 4 members (excludes halogenated alkanes) is 8. The molecule has 9 nitrogen and oxygen atoms in total. The Morgan fingerprint density at radius 2 is 1.34 bits per heavy atom. The first-order valence-corrected chi connectivity index (χ1v) is 17.4. The fraction of sp³-hybridized carbons (Fsp3) is 0.459. The van der Waals surface area contributed by atoms with Crippen LogP contribution >= 0.6 is 8.69 Å². The molecule has 3 rings (SSSR count). The first-order valence-electron chi connectivity index (χ1n) is 16.6. The molecule has 0 aliphatic carbocycles. The van der Waals surface area contributed by atoms with Crippen molar-refractivity contribution in [3.05, 3.63) is 96.6 Å². The highest BCUT2D eigenvalue weighted by Crippen LogP contribution is 2.24. The molecule has 0 fully saturated rings. The molecule has 3 aromatic rings. The maximum absolute atomic E-state index is 13.7. The van der Waals surface area contributed by atoms with E-state index in [4.69, 9.17) is 23.8 Å². The summed E-state index contributed by atoms with van der Waals surface area (Å²) >= 11 is 0. The third-order valence-electron chi connectivity index (χ3n) is 7.63. The summed E-state index contributed by atoms with van der Waals surface area (Å²) in [4.78, 5) is 37.9. The van der Waals surface area contributed by atoms with Crippen molar-refractivity contribution in [2.45, 2.75) is 102 Å². The van der Waals surface area contributed by atoms with Gasteiger partial charge in [0.25, 0.3) is 5.72 Å². The Kier molecular flexibility index (Phi) is 18.2. The van der Waals surface area contributed by atoms with Crippen LogP contribution in [0.15, 0.2) is 91.0 Å². The van der Waals surface area contributed by atoms with Crippen LogP contribution in [0.25, 0.3) is 0 Å². The molecule has 254 valence electrons. The standard InChI is InChI=1S/C37H48NO8P/c1-2-3-4-5-6-7-8-9-15-26-34(42-30-31-20-13-10-14-21-31)29-35(39)38-37(27-28-43-47-41,44-32-22-16-11-17-23-32)36(40)46-45-33-24-18-12-19-25-33/h10-14,16-25,34H,2-9,15,26-30H2,1H3,(H,38,39). The zero-order chi connectivity index (χ0) is 33.4. The van der Waals surface area contributed by atoms with E-state index >= 15 is 0 Å². The van der Waals surface area contributed by atoms with E-state index in [1.54, 1.807) is 60.7 Å². The molecule has 0 aromatic heterocycles. The quantitative estimate of drug-likeness (QED) is 0.0314. The second-order valence-electron chi connectivity index (χ2n) is 11.5. The van der Waals surface area contributed by atoms with E-state index in [-0.39, 0.29) is 25.2 Å². The Morgan fingerprint density at radius 3 is 1.96 bits per heavy atom. The van der Waals surface area contributed by atoms with Gasteiger partial charge >= 0.3 is 14.7 Å². The van der Waals surface area contributed by atoms with Gasteiger partial charge in [-0.25, -0.2) is 14.2 Å². The molecule has 0 bridgehead atoms. The first kappa shape index (κ1) is 37.7. The molecule has 0 heterocycles. The highest BCUT2D eigenvalue weighted by Gasteiger charge is 2.46. The molecular formula is C37H48NO8P. The predicted octanol–water partition coefficient (Wildman–Crippen LogP) is 8.92. The Bertz CT molecular complexity index is 1280.